The molecule has 1 N–H and O–H groups in total. The molecular formula is C21H22N4OS. The molecule has 3 rings (SSSR count). The molecule has 0 radical (unpaired) electrons. The molecule has 1 fully saturated rings. The maximum absolute atomic E-state index is 9.91. The lowest BCUT2D eigenvalue weighted by molar-refractivity contribution is 0.198. The van der Waals surface area contributed by atoms with E-state index < -0.39 is 6.10 Å². The van der Waals surface area contributed by atoms with Crippen molar-refractivity contribution in [3.05, 3.63) is 52.6 Å². The van der Waals surface area contributed by atoms with Gasteiger partial charge in [0.1, 0.15) is 23.0 Å². The number of nitriles is 2. The summed E-state index contributed by atoms with van der Waals surface area (Å²) in [6, 6.07) is 14.6. The number of aliphatic hydroxyl groups is 1. The molecule has 0 amide bonds. The van der Waals surface area contributed by atoms with E-state index in [1.807, 2.05) is 30.0 Å². The minimum absolute atomic E-state index is 0.125. The third-order valence-corrected chi connectivity index (χ3v) is 5.99. The van der Waals surface area contributed by atoms with Gasteiger partial charge in [0.2, 0.25) is 0 Å². The molecule has 0 spiro atoms. The van der Waals surface area contributed by atoms with Crippen molar-refractivity contribution in [1.29, 1.82) is 10.5 Å². The van der Waals surface area contributed by atoms with Gasteiger partial charge in [0, 0.05) is 18.3 Å². The summed E-state index contributed by atoms with van der Waals surface area (Å²) in [5.41, 5.74) is 2.85. The van der Waals surface area contributed by atoms with Crippen LogP contribution in [0.2, 0.25) is 0 Å². The average molecular weight is 379 g/mol. The molecule has 0 aliphatic carbocycles. The monoisotopic (exact) mass is 378 g/mol. The van der Waals surface area contributed by atoms with Gasteiger partial charge in [0.05, 0.1) is 17.2 Å². The Balaban J connectivity index is 2.07. The first kappa shape index (κ1) is 19.2. The van der Waals surface area contributed by atoms with Gasteiger partial charge < -0.3 is 10.0 Å². The number of β-amino-alcohol motifs (C(OH)–C–C–N with tert-alkyl or cyclic N) is 1. The van der Waals surface area contributed by atoms with Crippen LogP contribution < -0.4 is 4.90 Å². The molecule has 1 saturated heterocycles. The van der Waals surface area contributed by atoms with Crippen LogP contribution in [-0.4, -0.2) is 29.3 Å². The summed E-state index contributed by atoms with van der Waals surface area (Å²) in [5.74, 6) is 0.590. The second-order valence-corrected chi connectivity index (χ2v) is 7.94. The molecule has 27 heavy (non-hydrogen) atoms. The fourth-order valence-electron chi connectivity index (χ4n) is 3.39. The Morgan fingerprint density at radius 2 is 1.96 bits per heavy atom. The number of hydrogen-bond acceptors (Lipinski definition) is 6. The highest BCUT2D eigenvalue weighted by Crippen LogP contribution is 2.39. The molecule has 2 aromatic rings. The SMILES string of the molecule is CCc1c(C#N)c(SC(C)c2ccccc2)nc(N2CCC(O)C2)c1C#N. The molecule has 138 valence electrons. The molecule has 6 heteroatoms. The molecular weight excluding hydrogens is 356 g/mol. The van der Waals surface area contributed by atoms with Gasteiger partial charge in [-0.15, -0.1) is 0 Å². The first-order chi connectivity index (χ1) is 13.1. The first-order valence-electron chi connectivity index (χ1n) is 9.10. The van der Waals surface area contributed by atoms with E-state index in [-0.39, 0.29) is 5.25 Å². The summed E-state index contributed by atoms with van der Waals surface area (Å²) in [7, 11) is 0. The molecule has 5 nitrogen and oxygen atoms in total. The number of rotatable bonds is 5. The highest BCUT2D eigenvalue weighted by atomic mass is 32.2. The van der Waals surface area contributed by atoms with Crippen LogP contribution in [0.1, 0.15) is 47.8 Å². The van der Waals surface area contributed by atoms with Crippen molar-refractivity contribution in [3.63, 3.8) is 0 Å². The molecule has 1 aliphatic rings. The summed E-state index contributed by atoms with van der Waals surface area (Å²) < 4.78 is 0. The molecule has 1 aromatic carbocycles. The van der Waals surface area contributed by atoms with Crippen molar-refractivity contribution in [2.75, 3.05) is 18.0 Å². The van der Waals surface area contributed by atoms with Crippen molar-refractivity contribution in [2.45, 2.75) is 43.1 Å². The first-order valence-corrected chi connectivity index (χ1v) is 9.98. The zero-order chi connectivity index (χ0) is 19.4. The van der Waals surface area contributed by atoms with Gasteiger partial charge in [-0.3, -0.25) is 0 Å². The third-order valence-electron chi connectivity index (χ3n) is 4.85. The Bertz CT molecular complexity index is 901. The van der Waals surface area contributed by atoms with E-state index in [0.717, 1.165) is 11.1 Å². The van der Waals surface area contributed by atoms with Crippen LogP contribution in [0.4, 0.5) is 5.82 Å². The molecule has 2 unspecified atom stereocenters. The Hall–Kier alpha value is -2.54. The average Bonchev–Trinajstić information content (AvgIpc) is 3.13. The van der Waals surface area contributed by atoms with Crippen LogP contribution in [0.5, 0.6) is 0 Å². The van der Waals surface area contributed by atoms with Gasteiger partial charge in [-0.1, -0.05) is 49.0 Å². The van der Waals surface area contributed by atoms with Gasteiger partial charge in [-0.05, 0) is 30.9 Å². The number of pyridine rings is 1. The second-order valence-electron chi connectivity index (χ2n) is 6.61. The Morgan fingerprint density at radius 3 is 2.52 bits per heavy atom. The number of thioether (sulfide) groups is 1. The maximum Gasteiger partial charge on any atom is 0.148 e. The molecule has 0 bridgehead atoms. The Labute approximate surface area is 164 Å². The van der Waals surface area contributed by atoms with Crippen molar-refractivity contribution in [1.82, 2.24) is 4.98 Å². The van der Waals surface area contributed by atoms with Gasteiger partial charge in [0.25, 0.3) is 0 Å². The van der Waals surface area contributed by atoms with E-state index in [1.54, 1.807) is 0 Å². The predicted molar refractivity (Wildman–Crippen MR) is 107 cm³/mol. The number of anilines is 1. The Morgan fingerprint density at radius 1 is 1.26 bits per heavy atom. The minimum Gasteiger partial charge on any atom is -0.391 e. The lowest BCUT2D eigenvalue weighted by atomic mass is 10.0. The van der Waals surface area contributed by atoms with Crippen LogP contribution in [0.15, 0.2) is 35.4 Å². The van der Waals surface area contributed by atoms with E-state index in [2.05, 4.69) is 31.2 Å². The zero-order valence-corrected chi connectivity index (χ0v) is 16.3. The topological polar surface area (TPSA) is 83.9 Å². The number of benzene rings is 1. The summed E-state index contributed by atoms with van der Waals surface area (Å²) in [6.07, 6.45) is 0.848. The van der Waals surface area contributed by atoms with Gasteiger partial charge >= 0.3 is 0 Å². The van der Waals surface area contributed by atoms with Crippen molar-refractivity contribution in [2.24, 2.45) is 0 Å². The summed E-state index contributed by atoms with van der Waals surface area (Å²) >= 11 is 1.54. The Kier molecular flexibility index (Phi) is 6.01. The van der Waals surface area contributed by atoms with Crippen LogP contribution in [-0.2, 0) is 6.42 Å². The summed E-state index contributed by atoms with van der Waals surface area (Å²) in [4.78, 5) is 6.70. The van der Waals surface area contributed by atoms with Gasteiger partial charge in [-0.2, -0.15) is 10.5 Å². The second kappa shape index (κ2) is 8.43. The van der Waals surface area contributed by atoms with Crippen LogP contribution in [0.3, 0.4) is 0 Å². The molecule has 0 saturated carbocycles. The molecule has 1 aliphatic heterocycles. The quantitative estimate of drug-likeness (QED) is 0.797. The van der Waals surface area contributed by atoms with E-state index in [9.17, 15) is 15.6 Å². The lowest BCUT2D eigenvalue weighted by Crippen LogP contribution is -2.24. The van der Waals surface area contributed by atoms with E-state index >= 15 is 0 Å². The van der Waals surface area contributed by atoms with Crippen molar-refractivity contribution >= 4 is 17.6 Å². The molecule has 1 aromatic heterocycles. The number of aromatic nitrogens is 1. The smallest absolute Gasteiger partial charge is 0.148 e. The van der Waals surface area contributed by atoms with Crippen molar-refractivity contribution < 1.29 is 5.11 Å². The maximum atomic E-state index is 9.91. The number of aliphatic hydroxyl groups excluding tert-OH is 1. The largest absolute Gasteiger partial charge is 0.391 e. The normalized spacial score (nSPS) is 17.4. The third kappa shape index (κ3) is 3.93. The van der Waals surface area contributed by atoms with E-state index in [0.29, 0.717) is 47.9 Å². The zero-order valence-electron chi connectivity index (χ0n) is 15.5. The predicted octanol–water partition coefficient (Wildman–Crippen LogP) is 3.81. The van der Waals surface area contributed by atoms with Crippen LogP contribution in [0, 0.1) is 22.7 Å². The minimum atomic E-state index is -0.404. The summed E-state index contributed by atoms with van der Waals surface area (Å²) in [6.45, 7) is 5.17. The van der Waals surface area contributed by atoms with Crippen LogP contribution >= 0.6 is 11.8 Å². The number of hydrogen-bond donors (Lipinski definition) is 1. The van der Waals surface area contributed by atoms with E-state index in [1.165, 1.54) is 11.8 Å². The van der Waals surface area contributed by atoms with Crippen molar-refractivity contribution in [3.8, 4) is 12.1 Å². The highest BCUT2D eigenvalue weighted by molar-refractivity contribution is 7.99. The van der Waals surface area contributed by atoms with Crippen LogP contribution in [0.25, 0.3) is 0 Å². The van der Waals surface area contributed by atoms with Gasteiger partial charge in [0.15, 0.2) is 0 Å². The summed E-state index contributed by atoms with van der Waals surface area (Å²) in [5, 5.41) is 30.2. The van der Waals surface area contributed by atoms with E-state index in [4.69, 9.17) is 4.98 Å². The molecule has 2 atom stereocenters. The lowest BCUT2D eigenvalue weighted by Gasteiger charge is -2.22. The molecule has 2 heterocycles. The highest BCUT2D eigenvalue weighted by Gasteiger charge is 2.28. The standard InChI is InChI=1S/C21H22N4OS/c1-3-17-18(11-22)20(25-10-9-16(26)13-25)24-21(19(17)12-23)27-14(2)15-7-5-4-6-8-15/h4-8,14,16,26H,3,9-10,13H2,1-2H3. The number of nitrogens with zero attached hydrogens (tertiary/aromatic N) is 4. The fourth-order valence-corrected chi connectivity index (χ4v) is 4.45. The fraction of sp³-hybridized carbons (Fsp3) is 0.381. The van der Waals surface area contributed by atoms with Gasteiger partial charge in [-0.25, -0.2) is 4.98 Å².